The third-order valence-corrected chi connectivity index (χ3v) is 3.63. The molecule has 0 aliphatic rings. The Kier molecular flexibility index (Phi) is 4.89. The predicted molar refractivity (Wildman–Crippen MR) is 94.9 cm³/mol. The van der Waals surface area contributed by atoms with Crippen LogP contribution >= 0.6 is 0 Å². The second-order valence-corrected chi connectivity index (χ2v) is 5.44. The van der Waals surface area contributed by atoms with Gasteiger partial charge in [0, 0.05) is 13.1 Å². The molecular weight excluding hydrogens is 318 g/mol. The minimum absolute atomic E-state index is 0.232. The summed E-state index contributed by atoms with van der Waals surface area (Å²) in [4.78, 5) is 29.8. The molecule has 1 aromatic heterocycles. The number of hydrogen-bond donors (Lipinski definition) is 0. The van der Waals surface area contributed by atoms with Crippen LogP contribution in [0.1, 0.15) is 5.56 Å². The molecule has 1 heterocycles. The van der Waals surface area contributed by atoms with Gasteiger partial charge in [-0.3, -0.25) is 14.3 Å². The summed E-state index contributed by atoms with van der Waals surface area (Å²) in [5.74, 6) is 0.659. The van der Waals surface area contributed by atoms with E-state index in [1.165, 1.54) is 28.9 Å². The zero-order valence-electron chi connectivity index (χ0n) is 13.7. The molecule has 2 aromatic carbocycles. The van der Waals surface area contributed by atoms with Gasteiger partial charge in [0.1, 0.15) is 17.9 Å². The number of nitrogens with zero attached hydrogens (tertiary/aromatic N) is 3. The van der Waals surface area contributed by atoms with E-state index in [1.807, 2.05) is 36.4 Å². The van der Waals surface area contributed by atoms with E-state index < -0.39 is 6.09 Å². The molecule has 0 spiro atoms. The number of carbonyl (C=O) groups is 1. The molecule has 126 valence electrons. The first-order valence-corrected chi connectivity index (χ1v) is 7.74. The summed E-state index contributed by atoms with van der Waals surface area (Å²) in [6, 6.07) is 19.6. The van der Waals surface area contributed by atoms with Gasteiger partial charge >= 0.3 is 6.09 Å². The van der Waals surface area contributed by atoms with Crippen molar-refractivity contribution in [2.45, 2.75) is 6.54 Å². The summed E-state index contributed by atoms with van der Waals surface area (Å²) in [5, 5.41) is 0. The molecule has 0 unspecified atom stereocenters. The second-order valence-electron chi connectivity index (χ2n) is 5.44. The third kappa shape index (κ3) is 4.11. The molecule has 25 heavy (non-hydrogen) atoms. The number of rotatable bonds is 4. The van der Waals surface area contributed by atoms with Gasteiger partial charge in [-0.15, -0.1) is 0 Å². The highest BCUT2D eigenvalue weighted by atomic mass is 16.6. The van der Waals surface area contributed by atoms with Gasteiger partial charge in [-0.1, -0.05) is 48.5 Å². The van der Waals surface area contributed by atoms with Crippen LogP contribution in [0, 0.1) is 0 Å². The Morgan fingerprint density at radius 2 is 1.72 bits per heavy atom. The Morgan fingerprint density at radius 3 is 2.36 bits per heavy atom. The molecule has 0 saturated heterocycles. The summed E-state index contributed by atoms with van der Waals surface area (Å²) < 4.78 is 6.72. The number of para-hydroxylation sites is 1. The number of ether oxygens (including phenoxy) is 1. The number of anilines is 1. The van der Waals surface area contributed by atoms with E-state index in [2.05, 4.69) is 4.98 Å². The highest BCUT2D eigenvalue weighted by molar-refractivity contribution is 5.87. The Balaban J connectivity index is 1.73. The largest absolute Gasteiger partial charge is 0.420 e. The second kappa shape index (κ2) is 7.44. The fourth-order valence-electron chi connectivity index (χ4n) is 2.25. The van der Waals surface area contributed by atoms with Crippen molar-refractivity contribution in [3.8, 4) is 5.75 Å². The van der Waals surface area contributed by atoms with Crippen LogP contribution in [-0.4, -0.2) is 22.7 Å². The zero-order valence-corrected chi connectivity index (χ0v) is 13.7. The standard InChI is InChI=1S/C19H17N3O3/c1-21(19(24)25-16-10-6-3-7-11-16)17-12-18(23)22(14-20-17)13-15-8-4-2-5-9-15/h2-12,14H,13H2,1H3. The molecule has 0 atom stereocenters. The van der Waals surface area contributed by atoms with Gasteiger partial charge in [-0.2, -0.15) is 0 Å². The minimum Gasteiger partial charge on any atom is -0.410 e. The van der Waals surface area contributed by atoms with Crippen LogP contribution in [0.25, 0.3) is 0 Å². The average molecular weight is 335 g/mol. The number of aromatic nitrogens is 2. The lowest BCUT2D eigenvalue weighted by Gasteiger charge is -2.16. The van der Waals surface area contributed by atoms with Crippen LogP contribution in [0.5, 0.6) is 5.75 Å². The van der Waals surface area contributed by atoms with Crippen LogP contribution < -0.4 is 15.2 Å². The molecule has 0 aliphatic heterocycles. The molecule has 3 rings (SSSR count). The van der Waals surface area contributed by atoms with Crippen LogP contribution in [0.4, 0.5) is 10.6 Å². The van der Waals surface area contributed by atoms with Crippen molar-refractivity contribution in [2.24, 2.45) is 0 Å². The molecule has 0 radical (unpaired) electrons. The van der Waals surface area contributed by atoms with Gasteiger partial charge in [0.15, 0.2) is 0 Å². The molecule has 0 saturated carbocycles. The fourth-order valence-corrected chi connectivity index (χ4v) is 2.25. The topological polar surface area (TPSA) is 64.4 Å². The fraction of sp³-hybridized carbons (Fsp3) is 0.105. The smallest absolute Gasteiger partial charge is 0.410 e. The summed E-state index contributed by atoms with van der Waals surface area (Å²) >= 11 is 0. The van der Waals surface area contributed by atoms with E-state index >= 15 is 0 Å². The van der Waals surface area contributed by atoms with E-state index in [1.54, 1.807) is 24.3 Å². The van der Waals surface area contributed by atoms with Crippen LogP contribution in [0.3, 0.4) is 0 Å². The lowest BCUT2D eigenvalue weighted by atomic mass is 10.2. The van der Waals surface area contributed by atoms with Crippen molar-refractivity contribution in [3.05, 3.63) is 89.0 Å². The van der Waals surface area contributed by atoms with Crippen molar-refractivity contribution in [1.82, 2.24) is 9.55 Å². The quantitative estimate of drug-likeness (QED) is 0.735. The number of amides is 1. The zero-order chi connectivity index (χ0) is 17.6. The number of benzene rings is 2. The summed E-state index contributed by atoms with van der Waals surface area (Å²) in [6.45, 7) is 0.422. The first-order valence-electron chi connectivity index (χ1n) is 7.74. The van der Waals surface area contributed by atoms with Gasteiger partial charge in [0.25, 0.3) is 5.56 Å². The highest BCUT2D eigenvalue weighted by Gasteiger charge is 2.15. The first-order chi connectivity index (χ1) is 12.1. The van der Waals surface area contributed by atoms with E-state index in [0.29, 0.717) is 12.3 Å². The van der Waals surface area contributed by atoms with Crippen LogP contribution in [-0.2, 0) is 6.54 Å². The van der Waals surface area contributed by atoms with E-state index in [9.17, 15) is 9.59 Å². The van der Waals surface area contributed by atoms with Crippen molar-refractivity contribution in [1.29, 1.82) is 0 Å². The normalized spacial score (nSPS) is 10.3. The summed E-state index contributed by atoms with van der Waals surface area (Å²) in [5.41, 5.74) is 0.754. The third-order valence-electron chi connectivity index (χ3n) is 3.63. The Hall–Kier alpha value is -3.41. The highest BCUT2D eigenvalue weighted by Crippen LogP contribution is 2.12. The number of hydrogen-bond acceptors (Lipinski definition) is 4. The van der Waals surface area contributed by atoms with Gasteiger partial charge in [-0.05, 0) is 17.7 Å². The van der Waals surface area contributed by atoms with Crippen molar-refractivity contribution in [3.63, 3.8) is 0 Å². The van der Waals surface area contributed by atoms with Gasteiger partial charge in [0.2, 0.25) is 0 Å². The lowest BCUT2D eigenvalue weighted by molar-refractivity contribution is 0.209. The molecule has 1 amide bonds. The molecule has 0 bridgehead atoms. The van der Waals surface area contributed by atoms with Crippen LogP contribution in [0.2, 0.25) is 0 Å². The maximum Gasteiger partial charge on any atom is 0.420 e. The summed E-state index contributed by atoms with van der Waals surface area (Å²) in [7, 11) is 1.51. The maximum atomic E-state index is 12.3. The van der Waals surface area contributed by atoms with Gasteiger partial charge in [0.05, 0.1) is 6.54 Å². The first kappa shape index (κ1) is 16.4. The van der Waals surface area contributed by atoms with Crippen molar-refractivity contribution in [2.75, 3.05) is 11.9 Å². The molecule has 3 aromatic rings. The average Bonchev–Trinajstić information content (AvgIpc) is 2.64. The molecule has 0 N–H and O–H groups in total. The Labute approximate surface area is 144 Å². The maximum absolute atomic E-state index is 12.3. The monoisotopic (exact) mass is 335 g/mol. The number of carbonyl (C=O) groups excluding carboxylic acids is 1. The van der Waals surface area contributed by atoms with Crippen LogP contribution in [0.15, 0.2) is 77.9 Å². The van der Waals surface area contributed by atoms with Gasteiger partial charge in [-0.25, -0.2) is 9.78 Å². The molecule has 6 heteroatoms. The van der Waals surface area contributed by atoms with E-state index in [4.69, 9.17) is 4.74 Å². The Morgan fingerprint density at radius 1 is 1.08 bits per heavy atom. The molecule has 6 nitrogen and oxygen atoms in total. The lowest BCUT2D eigenvalue weighted by Crippen LogP contribution is -2.32. The predicted octanol–water partition coefficient (Wildman–Crippen LogP) is 2.93. The van der Waals surface area contributed by atoms with E-state index in [-0.39, 0.29) is 11.4 Å². The van der Waals surface area contributed by atoms with E-state index in [0.717, 1.165) is 5.56 Å². The SMILES string of the molecule is CN(C(=O)Oc1ccccc1)c1cc(=O)n(Cc2ccccc2)cn1. The minimum atomic E-state index is -0.612. The molecule has 0 fully saturated rings. The van der Waals surface area contributed by atoms with Gasteiger partial charge < -0.3 is 4.74 Å². The molecular formula is C19H17N3O3. The Bertz CT molecular complexity index is 908. The van der Waals surface area contributed by atoms with Crippen molar-refractivity contribution < 1.29 is 9.53 Å². The molecule has 0 aliphatic carbocycles. The van der Waals surface area contributed by atoms with Crippen molar-refractivity contribution >= 4 is 11.9 Å². The summed E-state index contributed by atoms with van der Waals surface area (Å²) in [6.07, 6.45) is 0.815.